The van der Waals surface area contributed by atoms with E-state index in [0.29, 0.717) is 28.6 Å². The fraction of sp³-hybridized carbons (Fsp3) is 0.167. The standard InChI is InChI=1S/C12H14N4O2/c1-7-10(13)12(16(2)15-7)18-9-5-3-8(4-6-9)11(14)17/h3-6H,13H2,1-2H3,(H2,14,17). The first-order valence-corrected chi connectivity index (χ1v) is 5.36. The molecule has 18 heavy (non-hydrogen) atoms. The summed E-state index contributed by atoms with van der Waals surface area (Å²) in [6.45, 7) is 1.80. The fourth-order valence-electron chi connectivity index (χ4n) is 1.57. The highest BCUT2D eigenvalue weighted by Gasteiger charge is 2.12. The van der Waals surface area contributed by atoms with E-state index < -0.39 is 5.91 Å². The number of nitrogen functional groups attached to an aromatic ring is 1. The van der Waals surface area contributed by atoms with Gasteiger partial charge in [0.15, 0.2) is 0 Å². The van der Waals surface area contributed by atoms with Gasteiger partial charge in [-0.3, -0.25) is 4.79 Å². The maximum atomic E-state index is 10.9. The quantitative estimate of drug-likeness (QED) is 0.850. The summed E-state index contributed by atoms with van der Waals surface area (Å²) in [5.74, 6) is 0.562. The fourth-order valence-corrected chi connectivity index (χ4v) is 1.57. The van der Waals surface area contributed by atoms with E-state index in [2.05, 4.69) is 5.10 Å². The summed E-state index contributed by atoms with van der Waals surface area (Å²) in [6, 6.07) is 6.50. The zero-order valence-electron chi connectivity index (χ0n) is 10.2. The lowest BCUT2D eigenvalue weighted by Crippen LogP contribution is -2.10. The van der Waals surface area contributed by atoms with Gasteiger partial charge in [-0.25, -0.2) is 4.68 Å². The Morgan fingerprint density at radius 2 is 1.94 bits per heavy atom. The van der Waals surface area contributed by atoms with Crippen molar-refractivity contribution < 1.29 is 9.53 Å². The molecule has 94 valence electrons. The second-order valence-electron chi connectivity index (χ2n) is 3.92. The van der Waals surface area contributed by atoms with Crippen molar-refractivity contribution in [2.75, 3.05) is 5.73 Å². The highest BCUT2D eigenvalue weighted by atomic mass is 16.5. The summed E-state index contributed by atoms with van der Waals surface area (Å²) < 4.78 is 7.18. The number of anilines is 1. The largest absolute Gasteiger partial charge is 0.437 e. The van der Waals surface area contributed by atoms with Gasteiger partial charge in [0.1, 0.15) is 11.4 Å². The molecule has 1 heterocycles. The molecule has 1 aromatic heterocycles. The third kappa shape index (κ3) is 2.13. The van der Waals surface area contributed by atoms with Crippen LogP contribution in [0.4, 0.5) is 5.69 Å². The number of nitrogens with zero attached hydrogens (tertiary/aromatic N) is 2. The first kappa shape index (κ1) is 12.0. The van der Waals surface area contributed by atoms with E-state index in [1.807, 2.05) is 0 Å². The summed E-state index contributed by atoms with van der Waals surface area (Å²) >= 11 is 0. The highest BCUT2D eigenvalue weighted by Crippen LogP contribution is 2.29. The zero-order chi connectivity index (χ0) is 13.3. The van der Waals surface area contributed by atoms with Crippen molar-refractivity contribution in [2.45, 2.75) is 6.92 Å². The lowest BCUT2D eigenvalue weighted by Gasteiger charge is -2.06. The maximum absolute atomic E-state index is 10.9. The summed E-state index contributed by atoms with van der Waals surface area (Å²) in [5.41, 5.74) is 12.6. The molecule has 0 aliphatic heterocycles. The summed E-state index contributed by atoms with van der Waals surface area (Å²) in [7, 11) is 1.75. The van der Waals surface area contributed by atoms with Crippen molar-refractivity contribution >= 4 is 11.6 Å². The number of hydrogen-bond donors (Lipinski definition) is 2. The Labute approximate surface area is 104 Å². The molecule has 6 nitrogen and oxygen atoms in total. The first-order chi connectivity index (χ1) is 8.49. The number of aromatic nitrogens is 2. The van der Waals surface area contributed by atoms with Gasteiger partial charge in [-0.15, -0.1) is 0 Å². The molecule has 0 radical (unpaired) electrons. The topological polar surface area (TPSA) is 96.2 Å². The van der Waals surface area contributed by atoms with E-state index in [0.717, 1.165) is 0 Å². The van der Waals surface area contributed by atoms with E-state index in [9.17, 15) is 4.79 Å². The Hall–Kier alpha value is -2.50. The molecule has 2 aromatic rings. The van der Waals surface area contributed by atoms with Crippen LogP contribution in [0.15, 0.2) is 24.3 Å². The molecule has 0 saturated heterocycles. The minimum absolute atomic E-state index is 0.427. The summed E-state index contributed by atoms with van der Waals surface area (Å²) in [5, 5.41) is 4.15. The number of hydrogen-bond acceptors (Lipinski definition) is 4. The zero-order valence-corrected chi connectivity index (χ0v) is 10.2. The van der Waals surface area contributed by atoms with E-state index in [4.69, 9.17) is 16.2 Å². The predicted octanol–water partition coefficient (Wildman–Crippen LogP) is 1.20. The molecule has 0 bridgehead atoms. The van der Waals surface area contributed by atoms with Gasteiger partial charge < -0.3 is 16.2 Å². The minimum atomic E-state index is -0.475. The molecule has 0 saturated carbocycles. The average molecular weight is 246 g/mol. The van der Waals surface area contributed by atoms with Crippen LogP contribution in [0.3, 0.4) is 0 Å². The van der Waals surface area contributed by atoms with Crippen LogP contribution in [0.2, 0.25) is 0 Å². The third-order valence-corrected chi connectivity index (χ3v) is 2.57. The van der Waals surface area contributed by atoms with Gasteiger partial charge in [-0.2, -0.15) is 5.10 Å². The molecule has 1 aromatic carbocycles. The molecule has 0 atom stereocenters. The molecule has 2 rings (SSSR count). The number of carbonyl (C=O) groups is 1. The van der Waals surface area contributed by atoms with Gasteiger partial charge in [0.25, 0.3) is 0 Å². The van der Waals surface area contributed by atoms with Crippen molar-refractivity contribution in [3.63, 3.8) is 0 Å². The predicted molar refractivity (Wildman–Crippen MR) is 67.4 cm³/mol. The SMILES string of the molecule is Cc1nn(C)c(Oc2ccc(C(N)=O)cc2)c1N. The van der Waals surface area contributed by atoms with Gasteiger partial charge in [0.2, 0.25) is 11.8 Å². The van der Waals surface area contributed by atoms with Gasteiger partial charge >= 0.3 is 0 Å². The smallest absolute Gasteiger partial charge is 0.248 e. The molecule has 0 fully saturated rings. The van der Waals surface area contributed by atoms with Gasteiger partial charge in [0, 0.05) is 12.6 Å². The molecule has 1 amide bonds. The number of amides is 1. The Kier molecular flexibility index (Phi) is 2.93. The number of aryl methyl sites for hydroxylation is 2. The monoisotopic (exact) mass is 246 g/mol. The van der Waals surface area contributed by atoms with Crippen molar-refractivity contribution in [1.29, 1.82) is 0 Å². The lowest BCUT2D eigenvalue weighted by atomic mass is 10.2. The second kappa shape index (κ2) is 4.40. The Morgan fingerprint density at radius 3 is 2.39 bits per heavy atom. The number of carbonyl (C=O) groups excluding carboxylic acids is 1. The highest BCUT2D eigenvalue weighted by molar-refractivity contribution is 5.92. The molecule has 0 spiro atoms. The average Bonchev–Trinajstić information content (AvgIpc) is 2.57. The lowest BCUT2D eigenvalue weighted by molar-refractivity contribution is 0.100. The first-order valence-electron chi connectivity index (χ1n) is 5.36. The number of nitrogens with two attached hydrogens (primary N) is 2. The van der Waals surface area contributed by atoms with Crippen molar-refractivity contribution in [3.8, 4) is 11.6 Å². The Balaban J connectivity index is 2.26. The minimum Gasteiger partial charge on any atom is -0.437 e. The number of rotatable bonds is 3. The van der Waals surface area contributed by atoms with Crippen LogP contribution in [0, 0.1) is 6.92 Å². The molecule has 0 aliphatic carbocycles. The number of ether oxygens (including phenoxy) is 1. The molecule has 4 N–H and O–H groups in total. The van der Waals surface area contributed by atoms with Crippen molar-refractivity contribution in [1.82, 2.24) is 9.78 Å². The van der Waals surface area contributed by atoms with Crippen LogP contribution >= 0.6 is 0 Å². The maximum Gasteiger partial charge on any atom is 0.248 e. The van der Waals surface area contributed by atoms with E-state index >= 15 is 0 Å². The van der Waals surface area contributed by atoms with E-state index in [1.54, 1.807) is 42.9 Å². The number of primary amides is 1. The number of benzene rings is 1. The van der Waals surface area contributed by atoms with Crippen molar-refractivity contribution in [2.24, 2.45) is 12.8 Å². The molecular weight excluding hydrogens is 232 g/mol. The van der Waals surface area contributed by atoms with Gasteiger partial charge in [-0.1, -0.05) is 0 Å². The molecular formula is C12H14N4O2. The Morgan fingerprint density at radius 1 is 1.33 bits per heavy atom. The normalized spacial score (nSPS) is 10.3. The summed E-state index contributed by atoms with van der Waals surface area (Å²) in [4.78, 5) is 10.9. The van der Waals surface area contributed by atoms with Crippen LogP contribution in [0.5, 0.6) is 11.6 Å². The van der Waals surface area contributed by atoms with Gasteiger partial charge in [-0.05, 0) is 31.2 Å². The van der Waals surface area contributed by atoms with Crippen LogP contribution in [-0.4, -0.2) is 15.7 Å². The van der Waals surface area contributed by atoms with Crippen LogP contribution < -0.4 is 16.2 Å². The Bertz CT molecular complexity index is 587. The van der Waals surface area contributed by atoms with Crippen molar-refractivity contribution in [3.05, 3.63) is 35.5 Å². The van der Waals surface area contributed by atoms with Crippen LogP contribution in [0.1, 0.15) is 16.1 Å². The molecule has 6 heteroatoms. The van der Waals surface area contributed by atoms with Gasteiger partial charge in [0.05, 0.1) is 5.69 Å². The molecule has 0 unspecified atom stereocenters. The van der Waals surface area contributed by atoms with Crippen LogP contribution in [0.25, 0.3) is 0 Å². The third-order valence-electron chi connectivity index (χ3n) is 2.57. The van der Waals surface area contributed by atoms with E-state index in [-0.39, 0.29) is 0 Å². The summed E-state index contributed by atoms with van der Waals surface area (Å²) in [6.07, 6.45) is 0. The van der Waals surface area contributed by atoms with E-state index in [1.165, 1.54) is 0 Å². The molecule has 0 aliphatic rings. The van der Waals surface area contributed by atoms with Crippen LogP contribution in [-0.2, 0) is 7.05 Å². The second-order valence-corrected chi connectivity index (χ2v) is 3.92.